The predicted molar refractivity (Wildman–Crippen MR) is 92.6 cm³/mol. The highest BCUT2D eigenvalue weighted by Crippen LogP contribution is 2.36. The normalized spacial score (nSPS) is 11.3. The first kappa shape index (κ1) is 14.6. The van der Waals surface area contributed by atoms with Crippen LogP contribution in [0.25, 0.3) is 0 Å². The highest BCUT2D eigenvalue weighted by atomic mass is 15.0. The monoisotopic (exact) mass is 286 g/mol. The summed E-state index contributed by atoms with van der Waals surface area (Å²) in [4.78, 5) is 0. The molecule has 22 heavy (non-hydrogen) atoms. The molecule has 0 aromatic heterocycles. The molecule has 0 fully saturated rings. The average Bonchev–Trinajstić information content (AvgIpc) is 2.62. The fourth-order valence-corrected chi connectivity index (χ4v) is 3.06. The molecule has 3 rings (SSSR count). The lowest BCUT2D eigenvalue weighted by atomic mass is 9.77. The van der Waals surface area contributed by atoms with E-state index >= 15 is 0 Å². The van der Waals surface area contributed by atoms with Crippen LogP contribution < -0.4 is 5.32 Å². The van der Waals surface area contributed by atoms with Gasteiger partial charge in [0, 0.05) is 0 Å². The summed E-state index contributed by atoms with van der Waals surface area (Å²) in [5, 5.41) is 3.63. The van der Waals surface area contributed by atoms with Crippen molar-refractivity contribution >= 4 is 0 Å². The molecule has 0 heterocycles. The van der Waals surface area contributed by atoms with Gasteiger partial charge in [0.15, 0.2) is 0 Å². The van der Waals surface area contributed by atoms with Crippen LogP contribution in [-0.4, -0.2) is 6.54 Å². The van der Waals surface area contributed by atoms with E-state index in [1.165, 1.54) is 16.7 Å². The van der Waals surface area contributed by atoms with Crippen LogP contribution in [0.15, 0.2) is 91.0 Å². The molecule has 0 aliphatic rings. The first-order chi connectivity index (χ1) is 10.9. The fourth-order valence-electron chi connectivity index (χ4n) is 3.06. The van der Waals surface area contributed by atoms with E-state index in [1.54, 1.807) is 0 Å². The summed E-state index contributed by atoms with van der Waals surface area (Å²) in [5.41, 5.74) is 3.27. The van der Waals surface area contributed by atoms with E-state index in [9.17, 15) is 0 Å². The Labute approximate surface area is 132 Å². The SMILES string of the molecule is [CH2]CNC(c1ccccc1)(c1ccccc1)c1ccccc1. The van der Waals surface area contributed by atoms with Gasteiger partial charge in [-0.25, -0.2) is 0 Å². The summed E-state index contributed by atoms with van der Waals surface area (Å²) in [6.45, 7) is 4.67. The third-order valence-electron chi connectivity index (χ3n) is 4.01. The molecule has 3 aromatic carbocycles. The third-order valence-corrected chi connectivity index (χ3v) is 4.01. The summed E-state index contributed by atoms with van der Waals surface area (Å²) in [7, 11) is 0. The van der Waals surface area contributed by atoms with E-state index in [0.29, 0.717) is 6.54 Å². The van der Waals surface area contributed by atoms with Crippen molar-refractivity contribution in [3.63, 3.8) is 0 Å². The molecule has 0 atom stereocenters. The quantitative estimate of drug-likeness (QED) is 0.685. The third kappa shape index (κ3) is 2.56. The molecule has 1 heteroatoms. The Morgan fingerprint density at radius 3 is 1.18 bits per heavy atom. The Bertz CT molecular complexity index is 593. The largest absolute Gasteiger partial charge is 0.300 e. The Kier molecular flexibility index (Phi) is 4.36. The van der Waals surface area contributed by atoms with Crippen LogP contribution in [0.3, 0.4) is 0 Å². The highest BCUT2D eigenvalue weighted by molar-refractivity contribution is 5.49. The highest BCUT2D eigenvalue weighted by Gasteiger charge is 2.34. The van der Waals surface area contributed by atoms with Gasteiger partial charge in [-0.1, -0.05) is 91.0 Å². The van der Waals surface area contributed by atoms with E-state index in [4.69, 9.17) is 0 Å². The molecule has 0 aliphatic carbocycles. The van der Waals surface area contributed by atoms with E-state index in [-0.39, 0.29) is 5.54 Å². The molecule has 1 radical (unpaired) electrons. The van der Waals surface area contributed by atoms with Gasteiger partial charge < -0.3 is 0 Å². The van der Waals surface area contributed by atoms with Gasteiger partial charge in [-0.2, -0.15) is 0 Å². The molecule has 109 valence electrons. The van der Waals surface area contributed by atoms with Gasteiger partial charge in [0.05, 0.1) is 5.54 Å². The van der Waals surface area contributed by atoms with Crippen molar-refractivity contribution < 1.29 is 0 Å². The minimum Gasteiger partial charge on any atom is -0.300 e. The molecule has 0 spiro atoms. The number of benzene rings is 3. The maximum atomic E-state index is 4.04. The lowest BCUT2D eigenvalue weighted by Crippen LogP contribution is -2.44. The van der Waals surface area contributed by atoms with Crippen LogP contribution in [0.1, 0.15) is 16.7 Å². The zero-order valence-corrected chi connectivity index (χ0v) is 12.6. The second kappa shape index (κ2) is 6.59. The van der Waals surface area contributed by atoms with Gasteiger partial charge in [0.25, 0.3) is 0 Å². The molecule has 3 aromatic rings. The van der Waals surface area contributed by atoms with Crippen LogP contribution in [0.5, 0.6) is 0 Å². The van der Waals surface area contributed by atoms with Crippen LogP contribution >= 0.6 is 0 Å². The van der Waals surface area contributed by atoms with Crippen molar-refractivity contribution in [2.24, 2.45) is 0 Å². The lowest BCUT2D eigenvalue weighted by Gasteiger charge is -2.36. The summed E-state index contributed by atoms with van der Waals surface area (Å²) in [5.74, 6) is 0. The Morgan fingerprint density at radius 1 is 0.591 bits per heavy atom. The number of nitrogens with one attached hydrogen (secondary N) is 1. The summed E-state index contributed by atoms with van der Waals surface area (Å²) in [6, 6.07) is 31.7. The molecule has 0 bridgehead atoms. The van der Waals surface area contributed by atoms with Gasteiger partial charge in [0.2, 0.25) is 0 Å². The van der Waals surface area contributed by atoms with E-state index in [1.807, 2.05) is 0 Å². The van der Waals surface area contributed by atoms with Crippen LogP contribution in [-0.2, 0) is 5.54 Å². The fraction of sp³-hybridized carbons (Fsp3) is 0.0952. The Morgan fingerprint density at radius 2 is 0.909 bits per heavy atom. The van der Waals surface area contributed by atoms with Crippen molar-refractivity contribution in [3.05, 3.63) is 115 Å². The topological polar surface area (TPSA) is 12.0 Å². The van der Waals surface area contributed by atoms with Gasteiger partial charge >= 0.3 is 0 Å². The average molecular weight is 286 g/mol. The number of hydrogen-bond acceptors (Lipinski definition) is 1. The number of rotatable bonds is 5. The lowest BCUT2D eigenvalue weighted by molar-refractivity contribution is 0.500. The second-order valence-electron chi connectivity index (χ2n) is 5.27. The summed E-state index contributed by atoms with van der Waals surface area (Å²) in [6.07, 6.45) is 0. The maximum absolute atomic E-state index is 4.04. The van der Waals surface area contributed by atoms with Gasteiger partial charge in [-0.15, -0.1) is 0 Å². The molecule has 0 amide bonds. The van der Waals surface area contributed by atoms with Gasteiger partial charge in [-0.05, 0) is 30.2 Å². The van der Waals surface area contributed by atoms with E-state index in [2.05, 4.69) is 103 Å². The molecule has 0 saturated carbocycles. The maximum Gasteiger partial charge on any atom is 0.0947 e. The van der Waals surface area contributed by atoms with Crippen molar-refractivity contribution in [1.82, 2.24) is 5.32 Å². The van der Waals surface area contributed by atoms with E-state index < -0.39 is 0 Å². The van der Waals surface area contributed by atoms with Crippen molar-refractivity contribution in [1.29, 1.82) is 0 Å². The summed E-state index contributed by atoms with van der Waals surface area (Å²) >= 11 is 0. The summed E-state index contributed by atoms with van der Waals surface area (Å²) < 4.78 is 0. The zero-order valence-electron chi connectivity index (χ0n) is 12.6. The molecular weight excluding hydrogens is 266 g/mol. The van der Waals surface area contributed by atoms with Crippen LogP contribution in [0, 0.1) is 6.92 Å². The minimum absolute atomic E-state index is 0.383. The zero-order chi connectivity index (χ0) is 15.3. The minimum atomic E-state index is -0.383. The van der Waals surface area contributed by atoms with Crippen molar-refractivity contribution in [2.75, 3.05) is 6.54 Å². The van der Waals surface area contributed by atoms with Crippen LogP contribution in [0.2, 0.25) is 0 Å². The standard InChI is InChI=1S/C21H20N/c1-2-22-21(18-12-6-3-7-13-18,19-14-8-4-9-15-19)20-16-10-5-11-17-20/h3-17,22H,1-2H2. The van der Waals surface area contributed by atoms with Gasteiger partial charge in [-0.3, -0.25) is 5.32 Å². The molecule has 0 saturated heterocycles. The molecular formula is C21H20N. The van der Waals surface area contributed by atoms with Crippen molar-refractivity contribution in [3.8, 4) is 0 Å². The van der Waals surface area contributed by atoms with E-state index in [0.717, 1.165) is 0 Å². The first-order valence-electron chi connectivity index (χ1n) is 7.59. The molecule has 1 N–H and O–H groups in total. The van der Waals surface area contributed by atoms with Crippen LogP contribution in [0.4, 0.5) is 0 Å². The molecule has 0 unspecified atom stereocenters. The Hall–Kier alpha value is -2.38. The predicted octanol–water partition coefficient (Wildman–Crippen LogP) is 4.40. The second-order valence-corrected chi connectivity index (χ2v) is 5.27. The van der Waals surface area contributed by atoms with Gasteiger partial charge in [0.1, 0.15) is 0 Å². The number of hydrogen-bond donors (Lipinski definition) is 1. The Balaban J connectivity index is 2.29. The first-order valence-corrected chi connectivity index (χ1v) is 7.59. The molecule has 1 nitrogen and oxygen atoms in total. The smallest absolute Gasteiger partial charge is 0.0947 e. The van der Waals surface area contributed by atoms with Crippen molar-refractivity contribution in [2.45, 2.75) is 5.54 Å². The molecule has 0 aliphatic heterocycles.